The van der Waals surface area contributed by atoms with Gasteiger partial charge in [0.1, 0.15) is 0 Å². The van der Waals surface area contributed by atoms with E-state index in [1.807, 2.05) is 19.2 Å². The van der Waals surface area contributed by atoms with Crippen molar-refractivity contribution >= 4 is 16.1 Å². The lowest BCUT2D eigenvalue weighted by Gasteiger charge is -2.33. The zero-order valence-electron chi connectivity index (χ0n) is 13.7. The zero-order valence-corrected chi connectivity index (χ0v) is 14.5. The molecule has 1 atom stereocenters. The van der Waals surface area contributed by atoms with Gasteiger partial charge in [0.25, 0.3) is 0 Å². The summed E-state index contributed by atoms with van der Waals surface area (Å²) in [6.07, 6.45) is 4.81. The number of carbonyl (C=O) groups is 1. The maximum absolute atomic E-state index is 12.3. The van der Waals surface area contributed by atoms with Crippen LogP contribution in [0.3, 0.4) is 0 Å². The highest BCUT2D eigenvalue weighted by molar-refractivity contribution is 7.88. The molecule has 23 heavy (non-hydrogen) atoms. The summed E-state index contributed by atoms with van der Waals surface area (Å²) in [6.45, 7) is 0.773. The summed E-state index contributed by atoms with van der Waals surface area (Å²) in [7, 11) is -1.35. The van der Waals surface area contributed by atoms with E-state index < -0.39 is 10.0 Å². The standard InChI is InChI=1S/C16H25N3O3S/c1-19(16(20)17-11-6-12-18-23(2,21)22)15-10-5-8-13-7-3-4-9-14(13)15/h3-4,7,9,15,18H,5-6,8,10-12H2,1-2H3,(H,17,20). The molecule has 0 radical (unpaired) electrons. The normalized spacial score (nSPS) is 17.4. The number of aryl methyl sites for hydroxylation is 1. The fraction of sp³-hybridized carbons (Fsp3) is 0.562. The quantitative estimate of drug-likeness (QED) is 0.774. The maximum atomic E-state index is 12.3. The first-order valence-electron chi connectivity index (χ1n) is 7.91. The number of nitrogens with one attached hydrogen (secondary N) is 2. The molecule has 1 aliphatic carbocycles. The van der Waals surface area contributed by atoms with Crippen LogP contribution in [0.15, 0.2) is 24.3 Å². The van der Waals surface area contributed by atoms with Gasteiger partial charge in [0.15, 0.2) is 0 Å². The molecule has 6 nitrogen and oxygen atoms in total. The third kappa shape index (κ3) is 5.21. The van der Waals surface area contributed by atoms with Crippen molar-refractivity contribution in [2.24, 2.45) is 0 Å². The van der Waals surface area contributed by atoms with Gasteiger partial charge < -0.3 is 10.2 Å². The Morgan fingerprint density at radius 3 is 2.78 bits per heavy atom. The molecule has 1 aromatic rings. The summed E-state index contributed by atoms with van der Waals surface area (Å²) < 4.78 is 24.3. The number of hydrogen-bond acceptors (Lipinski definition) is 3. The number of sulfonamides is 1. The van der Waals surface area contributed by atoms with Crippen LogP contribution < -0.4 is 10.0 Å². The Kier molecular flexibility index (Phi) is 6.01. The van der Waals surface area contributed by atoms with Crippen molar-refractivity contribution in [1.82, 2.24) is 14.9 Å². The Labute approximate surface area is 138 Å². The van der Waals surface area contributed by atoms with Crippen LogP contribution in [0.4, 0.5) is 4.79 Å². The molecule has 2 amide bonds. The van der Waals surface area contributed by atoms with Crippen LogP contribution in [0.2, 0.25) is 0 Å². The van der Waals surface area contributed by atoms with Gasteiger partial charge in [-0.15, -0.1) is 0 Å². The fourth-order valence-electron chi connectivity index (χ4n) is 2.94. The molecule has 1 unspecified atom stereocenters. The summed E-state index contributed by atoms with van der Waals surface area (Å²) in [6, 6.07) is 8.26. The van der Waals surface area contributed by atoms with Crippen molar-refractivity contribution in [1.29, 1.82) is 0 Å². The van der Waals surface area contributed by atoms with E-state index in [-0.39, 0.29) is 12.1 Å². The second kappa shape index (κ2) is 7.79. The minimum atomic E-state index is -3.16. The Morgan fingerprint density at radius 1 is 1.30 bits per heavy atom. The first-order valence-corrected chi connectivity index (χ1v) is 9.81. The van der Waals surface area contributed by atoms with E-state index in [1.54, 1.807) is 4.90 Å². The van der Waals surface area contributed by atoms with Gasteiger partial charge in [0.05, 0.1) is 12.3 Å². The van der Waals surface area contributed by atoms with E-state index in [0.717, 1.165) is 25.5 Å². The third-order valence-electron chi connectivity index (χ3n) is 4.12. The lowest BCUT2D eigenvalue weighted by molar-refractivity contribution is 0.184. The van der Waals surface area contributed by atoms with Gasteiger partial charge in [0, 0.05) is 20.1 Å². The molecule has 1 aliphatic rings. The van der Waals surface area contributed by atoms with Gasteiger partial charge in [-0.1, -0.05) is 24.3 Å². The SMILES string of the molecule is CN(C(=O)NCCCNS(C)(=O)=O)C1CCCc2ccccc21. The van der Waals surface area contributed by atoms with Crippen molar-refractivity contribution in [3.63, 3.8) is 0 Å². The summed E-state index contributed by atoms with van der Waals surface area (Å²) in [5.74, 6) is 0. The minimum absolute atomic E-state index is 0.106. The largest absolute Gasteiger partial charge is 0.338 e. The van der Waals surface area contributed by atoms with Crippen molar-refractivity contribution in [3.8, 4) is 0 Å². The van der Waals surface area contributed by atoms with Crippen LogP contribution in [-0.4, -0.2) is 45.7 Å². The minimum Gasteiger partial charge on any atom is -0.338 e. The van der Waals surface area contributed by atoms with E-state index in [4.69, 9.17) is 0 Å². The van der Waals surface area contributed by atoms with E-state index in [9.17, 15) is 13.2 Å². The highest BCUT2D eigenvalue weighted by Crippen LogP contribution is 2.33. The van der Waals surface area contributed by atoms with Crippen molar-refractivity contribution in [3.05, 3.63) is 35.4 Å². The molecular weight excluding hydrogens is 314 g/mol. The smallest absolute Gasteiger partial charge is 0.317 e. The molecule has 128 valence electrons. The average Bonchev–Trinajstić information content (AvgIpc) is 2.52. The zero-order chi connectivity index (χ0) is 16.9. The predicted molar refractivity (Wildman–Crippen MR) is 90.7 cm³/mol. The average molecular weight is 339 g/mol. The molecular formula is C16H25N3O3S. The van der Waals surface area contributed by atoms with Crippen LogP contribution in [0.1, 0.15) is 36.4 Å². The molecule has 7 heteroatoms. The number of amides is 2. The number of hydrogen-bond donors (Lipinski definition) is 2. The lowest BCUT2D eigenvalue weighted by Crippen LogP contribution is -2.41. The van der Waals surface area contributed by atoms with Gasteiger partial charge in [-0.05, 0) is 36.8 Å². The van der Waals surface area contributed by atoms with E-state index in [2.05, 4.69) is 22.2 Å². The molecule has 0 heterocycles. The molecule has 0 saturated carbocycles. The van der Waals surface area contributed by atoms with Crippen LogP contribution >= 0.6 is 0 Å². The highest BCUT2D eigenvalue weighted by atomic mass is 32.2. The molecule has 0 bridgehead atoms. The van der Waals surface area contributed by atoms with Crippen LogP contribution in [0.5, 0.6) is 0 Å². The van der Waals surface area contributed by atoms with Crippen LogP contribution in [-0.2, 0) is 16.4 Å². The van der Waals surface area contributed by atoms with Gasteiger partial charge in [-0.2, -0.15) is 0 Å². The summed E-state index contributed by atoms with van der Waals surface area (Å²) in [5.41, 5.74) is 2.55. The third-order valence-corrected chi connectivity index (χ3v) is 4.85. The fourth-order valence-corrected chi connectivity index (χ4v) is 3.45. The van der Waals surface area contributed by atoms with Gasteiger partial charge in [-0.25, -0.2) is 17.9 Å². The van der Waals surface area contributed by atoms with Crippen molar-refractivity contribution < 1.29 is 13.2 Å². The van der Waals surface area contributed by atoms with Crippen LogP contribution in [0, 0.1) is 0 Å². The summed E-state index contributed by atoms with van der Waals surface area (Å²) in [4.78, 5) is 14.0. The van der Waals surface area contributed by atoms with Crippen molar-refractivity contribution in [2.45, 2.75) is 31.7 Å². The molecule has 2 rings (SSSR count). The van der Waals surface area contributed by atoms with Gasteiger partial charge >= 0.3 is 6.03 Å². The predicted octanol–water partition coefficient (Wildman–Crippen LogP) is 1.64. The topological polar surface area (TPSA) is 78.5 Å². The monoisotopic (exact) mass is 339 g/mol. The number of urea groups is 1. The number of nitrogens with zero attached hydrogens (tertiary/aromatic N) is 1. The molecule has 0 aliphatic heterocycles. The molecule has 1 aromatic carbocycles. The first kappa shape index (κ1) is 17.7. The Balaban J connectivity index is 1.84. The van der Waals surface area contributed by atoms with E-state index >= 15 is 0 Å². The second-order valence-corrected chi connectivity index (χ2v) is 7.80. The van der Waals surface area contributed by atoms with Crippen molar-refractivity contribution in [2.75, 3.05) is 26.4 Å². The van der Waals surface area contributed by atoms with Gasteiger partial charge in [-0.3, -0.25) is 0 Å². The number of fused-ring (bicyclic) bond motifs is 1. The maximum Gasteiger partial charge on any atom is 0.317 e. The number of benzene rings is 1. The molecule has 0 spiro atoms. The molecule has 2 N–H and O–H groups in total. The van der Waals surface area contributed by atoms with E-state index in [1.165, 1.54) is 11.1 Å². The Hall–Kier alpha value is -1.60. The Morgan fingerprint density at radius 2 is 2.04 bits per heavy atom. The lowest BCUT2D eigenvalue weighted by atomic mass is 9.87. The molecule has 0 fully saturated rings. The second-order valence-electron chi connectivity index (χ2n) is 5.97. The molecule has 0 saturated heterocycles. The van der Waals surface area contributed by atoms with E-state index in [0.29, 0.717) is 19.5 Å². The molecule has 0 aromatic heterocycles. The number of carbonyl (C=O) groups excluding carboxylic acids is 1. The van der Waals surface area contributed by atoms with Crippen LogP contribution in [0.25, 0.3) is 0 Å². The summed E-state index contributed by atoms with van der Waals surface area (Å²) in [5, 5.41) is 2.85. The number of rotatable bonds is 6. The highest BCUT2D eigenvalue weighted by Gasteiger charge is 2.26. The van der Waals surface area contributed by atoms with Gasteiger partial charge in [0.2, 0.25) is 10.0 Å². The Bertz CT molecular complexity index is 646. The summed E-state index contributed by atoms with van der Waals surface area (Å²) >= 11 is 0. The first-order chi connectivity index (χ1) is 10.9.